The Morgan fingerprint density at radius 3 is 2.45 bits per heavy atom. The first-order valence-corrected chi connectivity index (χ1v) is 15.9. The summed E-state index contributed by atoms with van der Waals surface area (Å²) in [7, 11) is 0. The number of anilines is 3. The quantitative estimate of drug-likeness (QED) is 0.313. The van der Waals surface area contributed by atoms with E-state index in [9.17, 15) is 9.90 Å². The third-order valence-corrected chi connectivity index (χ3v) is 9.44. The summed E-state index contributed by atoms with van der Waals surface area (Å²) >= 11 is 6.05. The summed E-state index contributed by atoms with van der Waals surface area (Å²) in [6.07, 6.45) is 5.72. The number of carbonyl (C=O) groups is 1. The number of benzene rings is 2. The summed E-state index contributed by atoms with van der Waals surface area (Å²) in [5.74, 6) is 0.543. The molecule has 0 radical (unpaired) electrons. The molecule has 10 nitrogen and oxygen atoms in total. The number of piperidine rings is 1. The maximum atomic E-state index is 13.2. The smallest absolute Gasteiger partial charge is 0.253 e. The minimum absolute atomic E-state index is 0.0632. The number of rotatable bonds is 7. The molecule has 0 spiro atoms. The van der Waals surface area contributed by atoms with Gasteiger partial charge in [-0.15, -0.1) is 5.10 Å². The summed E-state index contributed by atoms with van der Waals surface area (Å²) in [5.41, 5.74) is 3.23. The minimum Gasteiger partial charge on any atom is -0.385 e. The molecule has 0 aliphatic carbocycles. The number of aromatic nitrogens is 3. The van der Waals surface area contributed by atoms with Crippen LogP contribution in [0.1, 0.15) is 41.6 Å². The molecule has 1 amide bonds. The number of nitrogens with one attached hydrogen (secondary N) is 1. The van der Waals surface area contributed by atoms with E-state index in [-0.39, 0.29) is 5.91 Å². The van der Waals surface area contributed by atoms with Gasteiger partial charge in [0.1, 0.15) is 0 Å². The molecule has 1 atom stereocenters. The molecular formula is C33H38ClN7O3. The van der Waals surface area contributed by atoms with Crippen molar-refractivity contribution in [3.8, 4) is 0 Å². The van der Waals surface area contributed by atoms with Crippen molar-refractivity contribution in [1.29, 1.82) is 0 Å². The standard InChI is InChI=1S/C33H38ClN7O3/c34-26-9-7-25(8-10-26)33(43)13-16-39(17-14-33)29-4-1-15-41-30(29)36-32(37-41)35-27-11-5-24(6-12-27)31(42)40-20-18-38(19-21-40)23-28-3-2-22-44-28/h1,4-12,15,28,43H,2-3,13-14,16-23H2,(H,35,37). The van der Waals surface area contributed by atoms with Gasteiger partial charge in [0.15, 0.2) is 5.65 Å². The number of fused-ring (bicyclic) bond motifs is 1. The van der Waals surface area contributed by atoms with E-state index in [0.717, 1.165) is 74.8 Å². The predicted molar refractivity (Wildman–Crippen MR) is 171 cm³/mol. The van der Waals surface area contributed by atoms with E-state index in [1.165, 1.54) is 0 Å². The van der Waals surface area contributed by atoms with Gasteiger partial charge in [0.05, 0.1) is 17.4 Å². The summed E-state index contributed by atoms with van der Waals surface area (Å²) in [5, 5.41) is 19.9. The van der Waals surface area contributed by atoms with Gasteiger partial charge in [-0.1, -0.05) is 23.7 Å². The number of piperazine rings is 1. The van der Waals surface area contributed by atoms with Gasteiger partial charge < -0.3 is 25.0 Å². The zero-order chi connectivity index (χ0) is 30.1. The van der Waals surface area contributed by atoms with Crippen molar-refractivity contribution < 1.29 is 14.6 Å². The molecule has 230 valence electrons. The average Bonchev–Trinajstić information content (AvgIpc) is 3.72. The number of carbonyl (C=O) groups excluding carboxylic acids is 1. The largest absolute Gasteiger partial charge is 0.385 e. The highest BCUT2D eigenvalue weighted by Gasteiger charge is 2.35. The molecular weight excluding hydrogens is 578 g/mol. The third-order valence-electron chi connectivity index (χ3n) is 9.19. The maximum Gasteiger partial charge on any atom is 0.253 e. The Balaban J connectivity index is 0.968. The summed E-state index contributed by atoms with van der Waals surface area (Å²) in [6.45, 7) is 6.45. The molecule has 1 unspecified atom stereocenters. The molecule has 0 saturated carbocycles. The predicted octanol–water partition coefficient (Wildman–Crippen LogP) is 4.55. The van der Waals surface area contributed by atoms with Crippen LogP contribution >= 0.6 is 11.6 Å². The molecule has 2 N–H and O–H groups in total. The fraction of sp³-hybridized carbons (Fsp3) is 0.424. The lowest BCUT2D eigenvalue weighted by atomic mass is 9.84. The molecule has 2 aromatic heterocycles. The average molecular weight is 616 g/mol. The Kier molecular flexibility index (Phi) is 8.16. The van der Waals surface area contributed by atoms with Crippen LogP contribution in [-0.2, 0) is 10.3 Å². The van der Waals surface area contributed by atoms with Crippen molar-refractivity contribution in [2.24, 2.45) is 0 Å². The van der Waals surface area contributed by atoms with Crippen molar-refractivity contribution in [3.05, 3.63) is 83.0 Å². The maximum absolute atomic E-state index is 13.2. The van der Waals surface area contributed by atoms with E-state index in [0.29, 0.717) is 48.6 Å². The van der Waals surface area contributed by atoms with E-state index in [1.807, 2.05) is 71.8 Å². The van der Waals surface area contributed by atoms with Crippen LogP contribution in [0.3, 0.4) is 0 Å². The Morgan fingerprint density at radius 1 is 1.00 bits per heavy atom. The molecule has 44 heavy (non-hydrogen) atoms. The number of pyridine rings is 1. The van der Waals surface area contributed by atoms with Gasteiger partial charge in [-0.05, 0) is 79.8 Å². The number of hydrogen-bond acceptors (Lipinski definition) is 8. The first kappa shape index (κ1) is 29.0. The third kappa shape index (κ3) is 6.12. The van der Waals surface area contributed by atoms with Gasteiger partial charge in [-0.3, -0.25) is 9.69 Å². The fourth-order valence-corrected chi connectivity index (χ4v) is 6.70. The second kappa shape index (κ2) is 12.4. The van der Waals surface area contributed by atoms with Crippen LogP contribution in [0.2, 0.25) is 5.02 Å². The second-order valence-electron chi connectivity index (χ2n) is 12.1. The number of hydrogen-bond donors (Lipinski definition) is 2. The van der Waals surface area contributed by atoms with E-state index in [4.69, 9.17) is 21.3 Å². The van der Waals surface area contributed by atoms with Crippen LogP contribution in [0.4, 0.5) is 17.3 Å². The van der Waals surface area contributed by atoms with Gasteiger partial charge in [0, 0.05) is 74.9 Å². The van der Waals surface area contributed by atoms with Gasteiger partial charge in [0.25, 0.3) is 5.91 Å². The Bertz CT molecular complexity index is 1590. The molecule has 3 fully saturated rings. The normalized spacial score (nSPS) is 20.7. The molecule has 3 aliphatic rings. The lowest BCUT2D eigenvalue weighted by Gasteiger charge is -2.39. The molecule has 3 aliphatic heterocycles. The number of amides is 1. The molecule has 4 aromatic rings. The van der Waals surface area contributed by atoms with Crippen LogP contribution < -0.4 is 10.2 Å². The topological polar surface area (TPSA) is 98.5 Å². The van der Waals surface area contributed by atoms with Gasteiger partial charge >= 0.3 is 0 Å². The van der Waals surface area contributed by atoms with E-state index in [1.54, 1.807) is 4.52 Å². The number of aliphatic hydroxyl groups is 1. The van der Waals surface area contributed by atoms with E-state index in [2.05, 4.69) is 20.2 Å². The van der Waals surface area contributed by atoms with Crippen LogP contribution in [0, 0.1) is 0 Å². The highest BCUT2D eigenvalue weighted by Crippen LogP contribution is 2.36. The van der Waals surface area contributed by atoms with Gasteiger partial charge in [-0.2, -0.15) is 4.98 Å². The molecule has 2 aromatic carbocycles. The van der Waals surface area contributed by atoms with Crippen molar-refractivity contribution >= 4 is 40.5 Å². The second-order valence-corrected chi connectivity index (χ2v) is 12.5. The number of halogens is 1. The minimum atomic E-state index is -0.876. The van der Waals surface area contributed by atoms with Crippen molar-refractivity contribution in [1.82, 2.24) is 24.4 Å². The zero-order valence-corrected chi connectivity index (χ0v) is 25.5. The molecule has 7 rings (SSSR count). The Labute approximate surface area is 262 Å². The van der Waals surface area contributed by atoms with Crippen LogP contribution in [-0.4, -0.2) is 93.9 Å². The molecule has 11 heteroatoms. The fourth-order valence-electron chi connectivity index (χ4n) is 6.58. The van der Waals surface area contributed by atoms with Gasteiger partial charge in [0.2, 0.25) is 5.95 Å². The first-order chi connectivity index (χ1) is 21.4. The number of ether oxygens (including phenoxy) is 1. The highest BCUT2D eigenvalue weighted by molar-refractivity contribution is 6.30. The molecule has 5 heterocycles. The lowest BCUT2D eigenvalue weighted by Crippen LogP contribution is -2.50. The van der Waals surface area contributed by atoms with E-state index < -0.39 is 5.60 Å². The summed E-state index contributed by atoms with van der Waals surface area (Å²) in [6, 6.07) is 19.0. The Hall–Kier alpha value is -3.70. The summed E-state index contributed by atoms with van der Waals surface area (Å²) < 4.78 is 7.55. The van der Waals surface area contributed by atoms with Crippen molar-refractivity contribution in [2.45, 2.75) is 37.4 Å². The zero-order valence-electron chi connectivity index (χ0n) is 24.7. The lowest BCUT2D eigenvalue weighted by molar-refractivity contribution is 0.0118. The SMILES string of the molecule is O=C(c1ccc(Nc2nc3c(N4CCC(O)(c5ccc(Cl)cc5)CC4)cccn3n2)cc1)N1CCN(CC2CCCO2)CC1. The van der Waals surface area contributed by atoms with E-state index >= 15 is 0 Å². The highest BCUT2D eigenvalue weighted by atomic mass is 35.5. The molecule has 0 bridgehead atoms. The van der Waals surface area contributed by atoms with Crippen LogP contribution in [0.25, 0.3) is 5.65 Å². The summed E-state index contributed by atoms with van der Waals surface area (Å²) in [4.78, 5) is 24.6. The van der Waals surface area contributed by atoms with Crippen LogP contribution in [0.15, 0.2) is 66.9 Å². The first-order valence-electron chi connectivity index (χ1n) is 15.5. The van der Waals surface area contributed by atoms with Gasteiger partial charge in [-0.25, -0.2) is 4.52 Å². The Morgan fingerprint density at radius 2 is 1.75 bits per heavy atom. The monoisotopic (exact) mass is 615 g/mol. The van der Waals surface area contributed by atoms with Crippen molar-refractivity contribution in [2.75, 3.05) is 62.6 Å². The van der Waals surface area contributed by atoms with Crippen LogP contribution in [0.5, 0.6) is 0 Å². The number of nitrogens with zero attached hydrogens (tertiary/aromatic N) is 6. The molecule has 3 saturated heterocycles. The van der Waals surface area contributed by atoms with Crippen molar-refractivity contribution in [3.63, 3.8) is 0 Å².